The first kappa shape index (κ1) is 18.2. The van der Waals surface area contributed by atoms with Gasteiger partial charge in [0.05, 0.1) is 0 Å². The predicted molar refractivity (Wildman–Crippen MR) is 101 cm³/mol. The Hall–Kier alpha value is -2.56. The second-order valence-electron chi connectivity index (χ2n) is 6.75. The Labute approximate surface area is 154 Å². The highest BCUT2D eigenvalue weighted by molar-refractivity contribution is 5.81. The molecular formula is C21H25FN2O2. The van der Waals surface area contributed by atoms with Crippen LogP contribution < -0.4 is 9.64 Å². The molecular weight excluding hydrogens is 331 g/mol. The minimum absolute atomic E-state index is 0.0325. The molecule has 1 fully saturated rings. The van der Waals surface area contributed by atoms with Crippen LogP contribution in [-0.4, -0.2) is 43.1 Å². The van der Waals surface area contributed by atoms with Gasteiger partial charge in [0.1, 0.15) is 11.6 Å². The molecule has 1 amide bonds. The molecule has 5 heteroatoms. The summed E-state index contributed by atoms with van der Waals surface area (Å²) in [5.74, 6) is 0.148. The number of hydrogen-bond donors (Lipinski definition) is 0. The van der Waals surface area contributed by atoms with Crippen LogP contribution in [0.1, 0.15) is 18.1 Å². The second-order valence-corrected chi connectivity index (χ2v) is 6.75. The molecule has 0 saturated carbocycles. The third-order valence-corrected chi connectivity index (χ3v) is 4.98. The van der Waals surface area contributed by atoms with Crippen LogP contribution in [0.2, 0.25) is 0 Å². The van der Waals surface area contributed by atoms with Gasteiger partial charge in [-0.15, -0.1) is 0 Å². The maximum atomic E-state index is 13.0. The molecule has 26 heavy (non-hydrogen) atoms. The first-order valence-electron chi connectivity index (χ1n) is 8.98. The summed E-state index contributed by atoms with van der Waals surface area (Å²) in [4.78, 5) is 16.8. The van der Waals surface area contributed by atoms with Crippen molar-refractivity contribution in [2.75, 3.05) is 31.1 Å². The third kappa shape index (κ3) is 3.98. The van der Waals surface area contributed by atoms with E-state index in [1.165, 1.54) is 41.1 Å². The zero-order valence-electron chi connectivity index (χ0n) is 15.5. The molecule has 3 rings (SSSR count). The van der Waals surface area contributed by atoms with E-state index < -0.39 is 6.10 Å². The van der Waals surface area contributed by atoms with Gasteiger partial charge in [-0.05, 0) is 62.2 Å². The van der Waals surface area contributed by atoms with Crippen molar-refractivity contribution in [2.45, 2.75) is 26.9 Å². The van der Waals surface area contributed by atoms with E-state index in [1.54, 1.807) is 6.92 Å². The fourth-order valence-electron chi connectivity index (χ4n) is 3.27. The number of amides is 1. The molecule has 0 aromatic heterocycles. The number of halogens is 1. The van der Waals surface area contributed by atoms with Crippen molar-refractivity contribution in [1.29, 1.82) is 0 Å². The molecule has 1 aliphatic heterocycles. The van der Waals surface area contributed by atoms with Gasteiger partial charge in [0.2, 0.25) is 0 Å². The summed E-state index contributed by atoms with van der Waals surface area (Å²) in [6.45, 7) is 8.95. The summed E-state index contributed by atoms with van der Waals surface area (Å²) in [7, 11) is 0. The van der Waals surface area contributed by atoms with Crippen molar-refractivity contribution in [3.8, 4) is 5.75 Å². The number of hydrogen-bond acceptors (Lipinski definition) is 3. The van der Waals surface area contributed by atoms with Crippen LogP contribution in [0.3, 0.4) is 0 Å². The fourth-order valence-corrected chi connectivity index (χ4v) is 3.27. The quantitative estimate of drug-likeness (QED) is 0.840. The monoisotopic (exact) mass is 356 g/mol. The molecule has 0 aliphatic carbocycles. The van der Waals surface area contributed by atoms with Gasteiger partial charge in [0, 0.05) is 31.9 Å². The van der Waals surface area contributed by atoms with Crippen molar-refractivity contribution < 1.29 is 13.9 Å². The molecule has 0 N–H and O–H groups in total. The molecule has 2 aromatic rings. The largest absolute Gasteiger partial charge is 0.481 e. The van der Waals surface area contributed by atoms with Crippen LogP contribution >= 0.6 is 0 Å². The van der Waals surface area contributed by atoms with Crippen molar-refractivity contribution >= 4 is 11.6 Å². The fraction of sp³-hybridized carbons (Fsp3) is 0.381. The number of carbonyl (C=O) groups excluding carboxylic acids is 1. The zero-order chi connectivity index (χ0) is 18.7. The molecule has 1 saturated heterocycles. The van der Waals surface area contributed by atoms with Gasteiger partial charge in [0.15, 0.2) is 6.10 Å². The van der Waals surface area contributed by atoms with Gasteiger partial charge >= 0.3 is 0 Å². The highest BCUT2D eigenvalue weighted by Gasteiger charge is 2.26. The molecule has 2 aromatic carbocycles. The Bertz CT molecular complexity index is 768. The molecule has 1 unspecified atom stereocenters. The number of carbonyl (C=O) groups is 1. The summed E-state index contributed by atoms with van der Waals surface area (Å²) < 4.78 is 18.6. The maximum absolute atomic E-state index is 13.0. The van der Waals surface area contributed by atoms with Crippen molar-refractivity contribution in [2.24, 2.45) is 0 Å². The lowest BCUT2D eigenvalue weighted by Crippen LogP contribution is -2.52. The first-order valence-corrected chi connectivity index (χ1v) is 8.98. The van der Waals surface area contributed by atoms with Crippen LogP contribution in [0.15, 0.2) is 42.5 Å². The molecule has 1 aliphatic rings. The molecule has 0 bridgehead atoms. The van der Waals surface area contributed by atoms with E-state index in [-0.39, 0.29) is 11.7 Å². The van der Waals surface area contributed by atoms with Gasteiger partial charge in [0.25, 0.3) is 5.91 Å². The van der Waals surface area contributed by atoms with Crippen molar-refractivity contribution in [3.05, 3.63) is 59.4 Å². The van der Waals surface area contributed by atoms with Crippen LogP contribution in [0.25, 0.3) is 0 Å². The smallest absolute Gasteiger partial charge is 0.263 e. The summed E-state index contributed by atoms with van der Waals surface area (Å²) in [6, 6.07) is 12.1. The van der Waals surface area contributed by atoms with Crippen LogP contribution in [0.4, 0.5) is 10.1 Å². The summed E-state index contributed by atoms with van der Waals surface area (Å²) in [6.07, 6.45) is -0.590. The van der Waals surface area contributed by atoms with Crippen molar-refractivity contribution in [3.63, 3.8) is 0 Å². The minimum Gasteiger partial charge on any atom is -0.481 e. The summed E-state index contributed by atoms with van der Waals surface area (Å²) in [5, 5.41) is 0. The first-order chi connectivity index (χ1) is 12.5. The summed E-state index contributed by atoms with van der Waals surface area (Å²) in [5.41, 5.74) is 3.82. The number of nitrogens with zero attached hydrogens (tertiary/aromatic N) is 2. The van der Waals surface area contributed by atoms with Gasteiger partial charge in [-0.25, -0.2) is 4.39 Å². The van der Waals surface area contributed by atoms with Gasteiger partial charge in [-0.3, -0.25) is 4.79 Å². The summed E-state index contributed by atoms with van der Waals surface area (Å²) >= 11 is 0. The van der Waals surface area contributed by atoms with E-state index in [9.17, 15) is 9.18 Å². The number of piperazine rings is 1. The normalized spacial score (nSPS) is 15.7. The lowest BCUT2D eigenvalue weighted by atomic mass is 10.1. The molecule has 0 spiro atoms. The molecule has 0 radical (unpaired) electrons. The standard InChI is InChI=1S/C21H25FN2O2/c1-15-5-4-6-20(16(15)2)23-11-13-24(14-12-23)21(25)17(3)26-19-9-7-18(22)8-10-19/h4-10,17H,11-14H2,1-3H3. The minimum atomic E-state index is -0.590. The Balaban J connectivity index is 1.57. The van der Waals surface area contributed by atoms with E-state index in [1.807, 2.05) is 4.90 Å². The van der Waals surface area contributed by atoms with Gasteiger partial charge in [-0.1, -0.05) is 12.1 Å². The Morgan fingerprint density at radius 3 is 2.35 bits per heavy atom. The molecule has 4 nitrogen and oxygen atoms in total. The lowest BCUT2D eigenvalue weighted by Gasteiger charge is -2.37. The number of ether oxygens (including phenoxy) is 1. The number of aryl methyl sites for hydroxylation is 1. The number of anilines is 1. The molecule has 1 atom stereocenters. The van der Waals surface area contributed by atoms with Gasteiger partial charge < -0.3 is 14.5 Å². The molecule has 1 heterocycles. The lowest BCUT2D eigenvalue weighted by molar-refractivity contribution is -0.138. The second kappa shape index (κ2) is 7.77. The van der Waals surface area contributed by atoms with E-state index >= 15 is 0 Å². The van der Waals surface area contributed by atoms with E-state index in [0.29, 0.717) is 18.8 Å². The SMILES string of the molecule is Cc1cccc(N2CCN(C(=O)C(C)Oc3ccc(F)cc3)CC2)c1C. The number of benzene rings is 2. The van der Waals surface area contributed by atoms with Crippen LogP contribution in [-0.2, 0) is 4.79 Å². The average molecular weight is 356 g/mol. The van der Waals surface area contributed by atoms with E-state index in [4.69, 9.17) is 4.74 Å². The third-order valence-electron chi connectivity index (χ3n) is 4.98. The van der Waals surface area contributed by atoms with Gasteiger partial charge in [-0.2, -0.15) is 0 Å². The van der Waals surface area contributed by atoms with Crippen LogP contribution in [0.5, 0.6) is 5.75 Å². The zero-order valence-corrected chi connectivity index (χ0v) is 15.5. The topological polar surface area (TPSA) is 32.8 Å². The maximum Gasteiger partial charge on any atom is 0.263 e. The van der Waals surface area contributed by atoms with Crippen LogP contribution in [0, 0.1) is 19.7 Å². The Morgan fingerprint density at radius 1 is 1.04 bits per heavy atom. The van der Waals surface area contributed by atoms with Crippen molar-refractivity contribution in [1.82, 2.24) is 4.90 Å². The number of rotatable bonds is 4. The average Bonchev–Trinajstić information content (AvgIpc) is 2.65. The highest BCUT2D eigenvalue weighted by Crippen LogP contribution is 2.24. The Kier molecular flexibility index (Phi) is 5.45. The van der Waals surface area contributed by atoms with E-state index in [2.05, 4.69) is 36.9 Å². The predicted octanol–water partition coefficient (Wildman–Crippen LogP) is 3.56. The Morgan fingerprint density at radius 2 is 1.69 bits per heavy atom. The highest BCUT2D eigenvalue weighted by atomic mass is 19.1. The van der Waals surface area contributed by atoms with E-state index in [0.717, 1.165) is 13.1 Å². The molecule has 138 valence electrons.